The molecule has 0 saturated carbocycles. The van der Waals surface area contributed by atoms with E-state index in [2.05, 4.69) is 19.0 Å². The minimum Gasteiger partial charge on any atom is -0.409 e. The molecule has 5 heteroatoms. The van der Waals surface area contributed by atoms with Crippen molar-refractivity contribution in [2.24, 2.45) is 16.8 Å². The molecule has 1 amide bonds. The number of benzene rings is 1. The Hall–Kier alpha value is -2.04. The van der Waals surface area contributed by atoms with E-state index in [0.717, 1.165) is 16.7 Å². The van der Waals surface area contributed by atoms with Gasteiger partial charge >= 0.3 is 0 Å². The molecule has 0 aliphatic rings. The quantitative estimate of drug-likeness (QED) is 0.366. The van der Waals surface area contributed by atoms with Gasteiger partial charge in [-0.2, -0.15) is 0 Å². The fourth-order valence-corrected chi connectivity index (χ4v) is 2.17. The van der Waals surface area contributed by atoms with Gasteiger partial charge in [0.2, 0.25) is 0 Å². The number of amidine groups is 1. The molecule has 1 aromatic carbocycles. The predicted octanol–water partition coefficient (Wildman–Crippen LogP) is 2.54. The highest BCUT2D eigenvalue weighted by Crippen LogP contribution is 2.16. The van der Waals surface area contributed by atoms with Crippen molar-refractivity contribution >= 4 is 11.7 Å². The van der Waals surface area contributed by atoms with Gasteiger partial charge in [0.05, 0.1) is 0 Å². The van der Waals surface area contributed by atoms with Crippen molar-refractivity contribution in [1.29, 1.82) is 0 Å². The van der Waals surface area contributed by atoms with Gasteiger partial charge in [-0.25, -0.2) is 0 Å². The lowest BCUT2D eigenvalue weighted by atomic mass is 10.0. The Morgan fingerprint density at radius 1 is 1.38 bits per heavy atom. The number of nitrogens with two attached hydrogens (primary N) is 1. The van der Waals surface area contributed by atoms with Crippen molar-refractivity contribution in [3.05, 3.63) is 34.9 Å². The van der Waals surface area contributed by atoms with E-state index in [1.807, 2.05) is 32.0 Å². The van der Waals surface area contributed by atoms with E-state index in [-0.39, 0.29) is 11.7 Å². The second-order valence-corrected chi connectivity index (χ2v) is 5.73. The van der Waals surface area contributed by atoms with Crippen molar-refractivity contribution in [2.45, 2.75) is 34.1 Å². The van der Waals surface area contributed by atoms with Gasteiger partial charge in [-0.3, -0.25) is 4.79 Å². The number of carbonyl (C=O) groups excluding carboxylic acids is 1. The Morgan fingerprint density at radius 3 is 2.62 bits per heavy atom. The van der Waals surface area contributed by atoms with Crippen molar-refractivity contribution < 1.29 is 10.0 Å². The molecule has 0 spiro atoms. The Balaban J connectivity index is 2.96. The highest BCUT2D eigenvalue weighted by molar-refractivity contribution is 5.96. The predicted molar refractivity (Wildman–Crippen MR) is 84.7 cm³/mol. The number of carbonyl (C=O) groups is 1. The smallest absolute Gasteiger partial charge is 0.254 e. The van der Waals surface area contributed by atoms with E-state index >= 15 is 0 Å². The van der Waals surface area contributed by atoms with Crippen molar-refractivity contribution in [3.63, 3.8) is 0 Å². The lowest BCUT2D eigenvalue weighted by Gasteiger charge is -2.25. The Morgan fingerprint density at radius 2 is 2.05 bits per heavy atom. The number of rotatable bonds is 6. The monoisotopic (exact) mass is 291 g/mol. The average Bonchev–Trinajstić information content (AvgIpc) is 2.44. The number of oxime groups is 1. The van der Waals surface area contributed by atoms with Crippen LogP contribution in [-0.4, -0.2) is 34.9 Å². The molecule has 21 heavy (non-hydrogen) atoms. The highest BCUT2D eigenvalue weighted by Gasteiger charge is 2.19. The second kappa shape index (κ2) is 7.67. The van der Waals surface area contributed by atoms with Gasteiger partial charge in [-0.1, -0.05) is 31.1 Å². The van der Waals surface area contributed by atoms with Gasteiger partial charge in [-0.15, -0.1) is 0 Å². The van der Waals surface area contributed by atoms with E-state index in [1.165, 1.54) is 0 Å². The van der Waals surface area contributed by atoms with E-state index in [4.69, 9.17) is 10.9 Å². The third kappa shape index (κ3) is 4.77. The summed E-state index contributed by atoms with van der Waals surface area (Å²) in [6.45, 7) is 9.17. The van der Waals surface area contributed by atoms with Gasteiger partial charge < -0.3 is 15.8 Å². The Bertz CT molecular complexity index is 524. The van der Waals surface area contributed by atoms with Crippen molar-refractivity contribution in [2.75, 3.05) is 13.1 Å². The third-order valence-corrected chi connectivity index (χ3v) is 3.47. The molecule has 0 aliphatic heterocycles. The Labute approximate surface area is 126 Å². The summed E-state index contributed by atoms with van der Waals surface area (Å²) in [5.41, 5.74) is 8.32. The maximum absolute atomic E-state index is 12.7. The van der Waals surface area contributed by atoms with Gasteiger partial charge in [0.15, 0.2) is 0 Å². The van der Waals surface area contributed by atoms with Gasteiger partial charge in [0.1, 0.15) is 5.84 Å². The van der Waals surface area contributed by atoms with Crippen molar-refractivity contribution in [3.8, 4) is 0 Å². The van der Waals surface area contributed by atoms with Gasteiger partial charge in [-0.05, 0) is 37.0 Å². The second-order valence-electron chi connectivity index (χ2n) is 5.73. The van der Waals surface area contributed by atoms with E-state index in [0.29, 0.717) is 25.4 Å². The molecule has 0 fully saturated rings. The first kappa shape index (κ1) is 17.0. The number of amides is 1. The van der Waals surface area contributed by atoms with E-state index in [1.54, 1.807) is 4.90 Å². The maximum Gasteiger partial charge on any atom is 0.254 e. The fourth-order valence-electron chi connectivity index (χ4n) is 2.17. The molecule has 0 aliphatic carbocycles. The minimum absolute atomic E-state index is 0.00404. The van der Waals surface area contributed by atoms with Crippen LogP contribution in [0.15, 0.2) is 23.4 Å². The summed E-state index contributed by atoms with van der Waals surface area (Å²) in [4.78, 5) is 14.5. The molecule has 3 N–H and O–H groups in total. The van der Waals surface area contributed by atoms with Crippen LogP contribution in [-0.2, 0) is 0 Å². The largest absolute Gasteiger partial charge is 0.409 e. The minimum atomic E-state index is -0.00404. The molecule has 5 nitrogen and oxygen atoms in total. The molecule has 116 valence electrons. The SMILES string of the molecule is Cc1cccc(C(=O)N(CCC(N)=NO)CC(C)C)c1C. The van der Waals surface area contributed by atoms with Crippen LogP contribution >= 0.6 is 0 Å². The van der Waals surface area contributed by atoms with Gasteiger partial charge in [0, 0.05) is 25.1 Å². The summed E-state index contributed by atoms with van der Waals surface area (Å²) < 4.78 is 0. The summed E-state index contributed by atoms with van der Waals surface area (Å²) in [6, 6.07) is 5.74. The maximum atomic E-state index is 12.7. The highest BCUT2D eigenvalue weighted by atomic mass is 16.4. The molecular formula is C16H25N3O2. The summed E-state index contributed by atoms with van der Waals surface area (Å²) in [6.07, 6.45) is 0.361. The van der Waals surface area contributed by atoms with E-state index in [9.17, 15) is 4.79 Å². The number of hydrogen-bond donors (Lipinski definition) is 2. The number of aryl methyl sites for hydroxylation is 1. The zero-order valence-electron chi connectivity index (χ0n) is 13.3. The normalized spacial score (nSPS) is 11.8. The van der Waals surface area contributed by atoms with Crippen LogP contribution in [0, 0.1) is 19.8 Å². The summed E-state index contributed by atoms with van der Waals surface area (Å²) in [5.74, 6) is 0.486. The van der Waals surface area contributed by atoms with Crippen LogP contribution < -0.4 is 5.73 Å². The van der Waals surface area contributed by atoms with Crippen LogP contribution in [0.2, 0.25) is 0 Å². The molecule has 1 aromatic rings. The van der Waals surface area contributed by atoms with E-state index < -0.39 is 0 Å². The third-order valence-electron chi connectivity index (χ3n) is 3.47. The standard InChI is InChI=1S/C16H25N3O2/c1-11(2)10-19(9-8-15(17)18-21)16(20)14-7-5-6-12(3)13(14)4/h5-7,11,21H,8-10H2,1-4H3,(H2,17,18). The molecule has 1 rings (SSSR count). The summed E-state index contributed by atoms with van der Waals surface area (Å²) in [5, 5.41) is 11.6. The Kier molecular flexibility index (Phi) is 6.21. The average molecular weight is 291 g/mol. The van der Waals surface area contributed by atoms with Crippen LogP contribution in [0.4, 0.5) is 0 Å². The summed E-state index contributed by atoms with van der Waals surface area (Å²) >= 11 is 0. The summed E-state index contributed by atoms with van der Waals surface area (Å²) in [7, 11) is 0. The van der Waals surface area contributed by atoms with Crippen LogP contribution in [0.5, 0.6) is 0 Å². The van der Waals surface area contributed by atoms with Crippen molar-refractivity contribution in [1.82, 2.24) is 4.90 Å². The molecular weight excluding hydrogens is 266 g/mol. The van der Waals surface area contributed by atoms with Crippen LogP contribution in [0.3, 0.4) is 0 Å². The number of hydrogen-bond acceptors (Lipinski definition) is 3. The molecule has 0 bridgehead atoms. The molecule has 0 saturated heterocycles. The zero-order valence-corrected chi connectivity index (χ0v) is 13.3. The first-order chi connectivity index (χ1) is 9.86. The van der Waals surface area contributed by atoms with Crippen LogP contribution in [0.1, 0.15) is 41.8 Å². The molecule has 0 atom stereocenters. The molecule has 0 aromatic heterocycles. The molecule has 0 radical (unpaired) electrons. The topological polar surface area (TPSA) is 78.9 Å². The first-order valence-electron chi connectivity index (χ1n) is 7.18. The van der Waals surface area contributed by atoms with Gasteiger partial charge in [0.25, 0.3) is 5.91 Å². The first-order valence-corrected chi connectivity index (χ1v) is 7.18. The molecule has 0 unspecified atom stereocenters. The molecule has 0 heterocycles. The zero-order chi connectivity index (χ0) is 16.0. The lowest BCUT2D eigenvalue weighted by Crippen LogP contribution is -2.37. The number of nitrogens with zero attached hydrogens (tertiary/aromatic N) is 2. The lowest BCUT2D eigenvalue weighted by molar-refractivity contribution is 0.0739. The fraction of sp³-hybridized carbons (Fsp3) is 0.500. The van der Waals surface area contributed by atoms with Crippen LogP contribution in [0.25, 0.3) is 0 Å².